The lowest BCUT2D eigenvalue weighted by molar-refractivity contribution is 0.247. The van der Waals surface area contributed by atoms with E-state index >= 15 is 0 Å². The fourth-order valence-electron chi connectivity index (χ4n) is 4.01. The van der Waals surface area contributed by atoms with Crippen molar-refractivity contribution in [1.29, 1.82) is 0 Å². The van der Waals surface area contributed by atoms with Crippen LogP contribution in [0.5, 0.6) is 0 Å². The van der Waals surface area contributed by atoms with Gasteiger partial charge in [0.15, 0.2) is 0 Å². The van der Waals surface area contributed by atoms with Gasteiger partial charge < -0.3 is 9.42 Å². The summed E-state index contributed by atoms with van der Waals surface area (Å²) in [6.45, 7) is 8.46. The first-order chi connectivity index (χ1) is 14.6. The molecule has 0 saturated carbocycles. The second-order valence-corrected chi connectivity index (χ2v) is 8.46. The average Bonchev–Trinajstić information content (AvgIpc) is 3.33. The molecule has 0 spiro atoms. The Hall–Kier alpha value is -2.84. The summed E-state index contributed by atoms with van der Waals surface area (Å²) < 4.78 is 18.7. The number of aromatic nitrogens is 3. The first kappa shape index (κ1) is 19.1. The van der Waals surface area contributed by atoms with Crippen LogP contribution in [0.3, 0.4) is 0 Å². The Balaban J connectivity index is 1.39. The lowest BCUT2D eigenvalue weighted by Gasteiger charge is -2.35. The summed E-state index contributed by atoms with van der Waals surface area (Å²) in [5, 5.41) is 7.20. The minimum Gasteiger partial charge on any atom is -0.361 e. The molecule has 5 rings (SSSR count). The molecule has 0 radical (unpaired) electrons. The van der Waals surface area contributed by atoms with Crippen LogP contribution in [-0.2, 0) is 6.54 Å². The first-order valence-electron chi connectivity index (χ1n) is 9.97. The number of aryl methyl sites for hydroxylation is 2. The van der Waals surface area contributed by atoms with E-state index in [0.717, 1.165) is 71.3 Å². The van der Waals surface area contributed by atoms with Gasteiger partial charge in [-0.15, -0.1) is 11.3 Å². The molecule has 1 aromatic carbocycles. The Morgan fingerprint density at radius 1 is 1.07 bits per heavy atom. The Bertz CT molecular complexity index is 1160. The van der Waals surface area contributed by atoms with Crippen LogP contribution >= 0.6 is 11.3 Å². The number of rotatable bonds is 4. The van der Waals surface area contributed by atoms with Crippen LogP contribution in [0.1, 0.15) is 17.0 Å². The summed E-state index contributed by atoms with van der Waals surface area (Å²) in [7, 11) is 0. The van der Waals surface area contributed by atoms with E-state index in [9.17, 15) is 4.39 Å². The lowest BCUT2D eigenvalue weighted by Crippen LogP contribution is -2.46. The predicted octanol–water partition coefficient (Wildman–Crippen LogP) is 4.42. The van der Waals surface area contributed by atoms with Crippen molar-refractivity contribution in [3.05, 3.63) is 58.8 Å². The monoisotopic (exact) mass is 423 g/mol. The number of fused-ring (bicyclic) bond motifs is 1. The maximum atomic E-state index is 13.4. The molecule has 0 atom stereocenters. The molecule has 3 aromatic heterocycles. The zero-order valence-electron chi connectivity index (χ0n) is 16.9. The lowest BCUT2D eigenvalue weighted by atomic mass is 10.1. The molecule has 1 aliphatic rings. The second-order valence-electron chi connectivity index (χ2n) is 7.60. The number of hydrogen-bond acceptors (Lipinski definition) is 7. The summed E-state index contributed by atoms with van der Waals surface area (Å²) in [4.78, 5) is 14.8. The molecule has 1 fully saturated rings. The highest BCUT2D eigenvalue weighted by molar-refractivity contribution is 7.17. The Labute approximate surface area is 178 Å². The topological polar surface area (TPSA) is 58.3 Å². The molecule has 0 bridgehead atoms. The van der Waals surface area contributed by atoms with Crippen LogP contribution in [0.15, 0.2) is 40.5 Å². The molecule has 154 valence electrons. The van der Waals surface area contributed by atoms with Crippen LogP contribution in [0, 0.1) is 19.7 Å². The largest absolute Gasteiger partial charge is 0.361 e. The van der Waals surface area contributed by atoms with Crippen molar-refractivity contribution in [2.24, 2.45) is 0 Å². The fourth-order valence-corrected chi connectivity index (χ4v) is 4.92. The van der Waals surface area contributed by atoms with Crippen LogP contribution in [0.2, 0.25) is 0 Å². The van der Waals surface area contributed by atoms with Gasteiger partial charge in [-0.3, -0.25) is 4.90 Å². The van der Waals surface area contributed by atoms with Crippen LogP contribution < -0.4 is 4.90 Å². The standard InChI is InChI=1S/C22H22FN5OS/c1-14-18(15(2)29-26-14)11-27-7-9-28(10-8-27)21-20-19(12-30-22(20)25-13-24-21)16-3-5-17(23)6-4-16/h3-6,12-13H,7-11H2,1-2H3. The summed E-state index contributed by atoms with van der Waals surface area (Å²) in [6, 6.07) is 6.62. The van der Waals surface area contributed by atoms with Gasteiger partial charge in [0.05, 0.1) is 11.1 Å². The number of thiophene rings is 1. The van der Waals surface area contributed by atoms with Crippen molar-refractivity contribution in [3.8, 4) is 11.1 Å². The van der Waals surface area contributed by atoms with Gasteiger partial charge >= 0.3 is 0 Å². The minimum atomic E-state index is -0.232. The Kier molecular flexibility index (Phi) is 4.96. The molecule has 0 N–H and O–H groups in total. The summed E-state index contributed by atoms with van der Waals surface area (Å²) in [5.41, 5.74) is 4.19. The Morgan fingerprint density at radius 3 is 2.53 bits per heavy atom. The van der Waals surface area contributed by atoms with Crippen molar-refractivity contribution < 1.29 is 8.91 Å². The van der Waals surface area contributed by atoms with Gasteiger partial charge in [0.1, 0.15) is 28.6 Å². The van der Waals surface area contributed by atoms with Crippen LogP contribution in [-0.4, -0.2) is 46.2 Å². The van der Waals surface area contributed by atoms with E-state index in [1.54, 1.807) is 17.7 Å². The van der Waals surface area contributed by atoms with E-state index in [2.05, 4.69) is 30.3 Å². The molecule has 4 aromatic rings. The van der Waals surface area contributed by atoms with Crippen molar-refractivity contribution in [3.63, 3.8) is 0 Å². The summed E-state index contributed by atoms with van der Waals surface area (Å²) >= 11 is 1.60. The number of piperazine rings is 1. The molecule has 4 heterocycles. The highest BCUT2D eigenvalue weighted by Gasteiger charge is 2.23. The predicted molar refractivity (Wildman–Crippen MR) is 116 cm³/mol. The van der Waals surface area contributed by atoms with Crippen LogP contribution in [0.25, 0.3) is 21.3 Å². The van der Waals surface area contributed by atoms with E-state index in [1.165, 1.54) is 17.7 Å². The average molecular weight is 424 g/mol. The van der Waals surface area contributed by atoms with Gasteiger partial charge in [0.2, 0.25) is 0 Å². The van der Waals surface area contributed by atoms with Gasteiger partial charge in [0.25, 0.3) is 0 Å². The first-order valence-corrected chi connectivity index (χ1v) is 10.9. The molecule has 1 saturated heterocycles. The number of nitrogens with zero attached hydrogens (tertiary/aromatic N) is 5. The quantitative estimate of drug-likeness (QED) is 0.484. The normalized spacial score (nSPS) is 15.2. The van der Waals surface area contributed by atoms with Gasteiger partial charge in [-0.1, -0.05) is 17.3 Å². The van der Waals surface area contributed by atoms with Gasteiger partial charge in [-0.25, -0.2) is 14.4 Å². The maximum Gasteiger partial charge on any atom is 0.141 e. The molecular formula is C22H22FN5OS. The highest BCUT2D eigenvalue weighted by Crippen LogP contribution is 2.38. The van der Waals surface area contributed by atoms with E-state index in [1.807, 2.05) is 26.0 Å². The van der Waals surface area contributed by atoms with Crippen molar-refractivity contribution in [1.82, 2.24) is 20.0 Å². The smallest absolute Gasteiger partial charge is 0.141 e. The molecule has 30 heavy (non-hydrogen) atoms. The Morgan fingerprint density at radius 2 is 1.83 bits per heavy atom. The molecule has 0 unspecified atom stereocenters. The second kappa shape index (κ2) is 7.77. The van der Waals surface area contributed by atoms with E-state index in [-0.39, 0.29) is 5.82 Å². The van der Waals surface area contributed by atoms with Crippen molar-refractivity contribution >= 4 is 27.4 Å². The molecule has 6 nitrogen and oxygen atoms in total. The molecule has 8 heteroatoms. The zero-order chi connectivity index (χ0) is 20.7. The van der Waals surface area contributed by atoms with Crippen LogP contribution in [0.4, 0.5) is 10.2 Å². The third-order valence-corrected chi connectivity index (χ3v) is 6.63. The summed E-state index contributed by atoms with van der Waals surface area (Å²) in [6.07, 6.45) is 1.64. The molecule has 1 aliphatic heterocycles. The third kappa shape index (κ3) is 3.46. The minimum absolute atomic E-state index is 0.232. The fraction of sp³-hybridized carbons (Fsp3) is 0.318. The number of anilines is 1. The van der Waals surface area contributed by atoms with E-state index < -0.39 is 0 Å². The SMILES string of the molecule is Cc1noc(C)c1CN1CCN(c2ncnc3scc(-c4ccc(F)cc4)c23)CC1. The maximum absolute atomic E-state index is 13.4. The number of hydrogen-bond donors (Lipinski definition) is 0. The highest BCUT2D eigenvalue weighted by atomic mass is 32.1. The van der Waals surface area contributed by atoms with Crippen molar-refractivity contribution in [2.45, 2.75) is 20.4 Å². The third-order valence-electron chi connectivity index (χ3n) is 5.74. The molecule has 0 amide bonds. The molecular weight excluding hydrogens is 401 g/mol. The number of halogens is 1. The van der Waals surface area contributed by atoms with Gasteiger partial charge in [-0.05, 0) is 31.5 Å². The van der Waals surface area contributed by atoms with Gasteiger partial charge in [0, 0.05) is 49.2 Å². The zero-order valence-corrected chi connectivity index (χ0v) is 17.7. The van der Waals surface area contributed by atoms with E-state index in [4.69, 9.17) is 4.52 Å². The van der Waals surface area contributed by atoms with Gasteiger partial charge in [-0.2, -0.15) is 0 Å². The number of benzene rings is 1. The summed E-state index contributed by atoms with van der Waals surface area (Å²) in [5.74, 6) is 1.62. The van der Waals surface area contributed by atoms with Crippen molar-refractivity contribution in [2.75, 3.05) is 31.1 Å². The molecule has 0 aliphatic carbocycles. The van der Waals surface area contributed by atoms with E-state index in [0.29, 0.717) is 0 Å².